The van der Waals surface area contributed by atoms with Gasteiger partial charge in [0.05, 0.1) is 24.2 Å². The Morgan fingerprint density at radius 2 is 1.96 bits per heavy atom. The Balaban J connectivity index is 1.38. The molecule has 0 bridgehead atoms. The minimum Gasteiger partial charge on any atom is -0.464 e. The molecule has 3 aromatic rings. The molecule has 1 aliphatic rings. The van der Waals surface area contributed by atoms with Crippen molar-refractivity contribution in [3.8, 4) is 5.69 Å². The molecular weight excluding hydrogens is 376 g/mol. The predicted octanol–water partition coefficient (Wildman–Crippen LogP) is 2.60. The number of hydrogen-bond donors (Lipinski definition) is 1. The number of carbonyl (C=O) groups excluding carboxylic acids is 2. The number of cyclic esters (lactones) is 1. The van der Waals surface area contributed by atoms with Gasteiger partial charge < -0.3 is 10.1 Å². The molecule has 1 amide bonds. The van der Waals surface area contributed by atoms with Crippen molar-refractivity contribution >= 4 is 23.6 Å². The Kier molecular flexibility index (Phi) is 5.38. The van der Waals surface area contributed by atoms with Crippen LogP contribution in [0.25, 0.3) is 5.69 Å². The third kappa shape index (κ3) is 4.23. The molecule has 7 nitrogen and oxygen atoms in total. The molecule has 0 aliphatic carbocycles. The first kappa shape index (κ1) is 18.2. The maximum Gasteiger partial charge on any atom is 0.328 e. The number of nitrogens with zero attached hydrogens (tertiary/aromatic N) is 3. The van der Waals surface area contributed by atoms with Crippen LogP contribution < -0.4 is 5.32 Å². The first-order valence-corrected chi connectivity index (χ1v) is 9.84. The van der Waals surface area contributed by atoms with Gasteiger partial charge in [-0.2, -0.15) is 0 Å². The second-order valence-corrected chi connectivity index (χ2v) is 7.33. The fourth-order valence-corrected chi connectivity index (χ4v) is 3.60. The minimum atomic E-state index is -0.563. The lowest BCUT2D eigenvalue weighted by Gasteiger charge is -2.09. The van der Waals surface area contributed by atoms with Crippen LogP contribution in [0.4, 0.5) is 0 Å². The first-order valence-electron chi connectivity index (χ1n) is 8.86. The zero-order valence-corrected chi connectivity index (χ0v) is 15.8. The second-order valence-electron chi connectivity index (χ2n) is 6.29. The Labute approximate surface area is 166 Å². The summed E-state index contributed by atoms with van der Waals surface area (Å²) >= 11 is 1.70. The highest BCUT2D eigenvalue weighted by Gasteiger charge is 2.28. The number of hydrogen-bond acceptors (Lipinski definition) is 6. The number of carbonyl (C=O) groups is 2. The maximum absolute atomic E-state index is 12.3. The summed E-state index contributed by atoms with van der Waals surface area (Å²) in [6.07, 6.45) is 2.38. The number of ether oxygens (including phenoxy) is 1. The summed E-state index contributed by atoms with van der Waals surface area (Å²) in [7, 11) is 0. The van der Waals surface area contributed by atoms with E-state index in [1.54, 1.807) is 40.7 Å². The third-order valence-corrected chi connectivity index (χ3v) is 5.35. The smallest absolute Gasteiger partial charge is 0.328 e. The van der Waals surface area contributed by atoms with Crippen molar-refractivity contribution in [2.24, 2.45) is 0 Å². The molecule has 2 aromatic carbocycles. The van der Waals surface area contributed by atoms with Gasteiger partial charge in [0.2, 0.25) is 0 Å². The monoisotopic (exact) mass is 394 g/mol. The van der Waals surface area contributed by atoms with Gasteiger partial charge in [-0.15, -0.1) is 16.9 Å². The van der Waals surface area contributed by atoms with Crippen molar-refractivity contribution in [1.82, 2.24) is 20.3 Å². The summed E-state index contributed by atoms with van der Waals surface area (Å²) in [4.78, 5) is 24.9. The summed E-state index contributed by atoms with van der Waals surface area (Å²) in [5.74, 6) is 0.0459. The highest BCUT2D eigenvalue weighted by atomic mass is 32.2. The summed E-state index contributed by atoms with van der Waals surface area (Å²) in [5.41, 5.74) is 2.15. The van der Waals surface area contributed by atoms with Crippen LogP contribution in [-0.2, 0) is 15.3 Å². The van der Waals surface area contributed by atoms with E-state index in [0.29, 0.717) is 18.6 Å². The molecule has 2 heterocycles. The molecule has 4 rings (SSSR count). The van der Waals surface area contributed by atoms with E-state index in [0.717, 1.165) is 17.1 Å². The Bertz CT molecular complexity index is 973. The van der Waals surface area contributed by atoms with E-state index < -0.39 is 6.04 Å². The zero-order valence-electron chi connectivity index (χ0n) is 14.9. The van der Waals surface area contributed by atoms with Crippen molar-refractivity contribution in [1.29, 1.82) is 0 Å². The van der Waals surface area contributed by atoms with Crippen molar-refractivity contribution in [3.63, 3.8) is 0 Å². The quantitative estimate of drug-likeness (QED) is 0.511. The third-order valence-electron chi connectivity index (χ3n) is 4.31. The average molecular weight is 394 g/mol. The Morgan fingerprint density at radius 1 is 1.18 bits per heavy atom. The lowest BCUT2D eigenvalue weighted by Crippen LogP contribution is -2.37. The number of benzene rings is 2. The second kappa shape index (κ2) is 8.26. The Morgan fingerprint density at radius 3 is 2.68 bits per heavy atom. The van der Waals surface area contributed by atoms with E-state index in [9.17, 15) is 9.59 Å². The topological polar surface area (TPSA) is 86.1 Å². The van der Waals surface area contributed by atoms with Crippen molar-refractivity contribution in [2.45, 2.75) is 23.1 Å². The van der Waals surface area contributed by atoms with Crippen LogP contribution >= 0.6 is 11.8 Å². The first-order chi connectivity index (χ1) is 13.7. The highest BCUT2D eigenvalue weighted by molar-refractivity contribution is 7.98. The van der Waals surface area contributed by atoms with Gasteiger partial charge in [-0.25, -0.2) is 9.48 Å². The molecule has 1 fully saturated rings. The fraction of sp³-hybridized carbons (Fsp3) is 0.200. The molecule has 1 aliphatic heterocycles. The average Bonchev–Trinajstić information content (AvgIpc) is 3.37. The lowest BCUT2D eigenvalue weighted by atomic mass is 10.1. The van der Waals surface area contributed by atoms with Crippen LogP contribution in [-0.4, -0.2) is 39.5 Å². The molecular formula is C20H18N4O3S. The summed E-state index contributed by atoms with van der Waals surface area (Å²) < 4.78 is 6.53. The van der Waals surface area contributed by atoms with Gasteiger partial charge >= 0.3 is 5.97 Å². The van der Waals surface area contributed by atoms with E-state index in [1.165, 1.54) is 4.90 Å². The van der Waals surface area contributed by atoms with E-state index in [2.05, 4.69) is 27.8 Å². The van der Waals surface area contributed by atoms with Gasteiger partial charge in [0.15, 0.2) is 0 Å². The molecule has 0 saturated carbocycles. The number of rotatable bonds is 6. The van der Waals surface area contributed by atoms with Gasteiger partial charge in [0.1, 0.15) is 6.04 Å². The van der Waals surface area contributed by atoms with Crippen molar-refractivity contribution in [3.05, 3.63) is 72.1 Å². The van der Waals surface area contributed by atoms with E-state index in [1.807, 2.05) is 24.4 Å². The van der Waals surface area contributed by atoms with Crippen LogP contribution in [0.15, 0.2) is 65.7 Å². The molecule has 142 valence electrons. The number of esters is 1. The molecule has 1 aromatic heterocycles. The van der Waals surface area contributed by atoms with Crippen molar-refractivity contribution < 1.29 is 14.3 Å². The molecule has 1 saturated heterocycles. The van der Waals surface area contributed by atoms with Crippen LogP contribution in [0.2, 0.25) is 0 Å². The van der Waals surface area contributed by atoms with E-state index in [4.69, 9.17) is 4.74 Å². The van der Waals surface area contributed by atoms with Crippen LogP contribution in [0.1, 0.15) is 22.5 Å². The number of aromatic nitrogens is 3. The number of amides is 1. The van der Waals surface area contributed by atoms with Crippen molar-refractivity contribution in [2.75, 3.05) is 6.61 Å². The van der Waals surface area contributed by atoms with Gasteiger partial charge in [-0.1, -0.05) is 23.4 Å². The molecule has 8 heteroatoms. The largest absolute Gasteiger partial charge is 0.464 e. The fourth-order valence-electron chi connectivity index (χ4n) is 2.80. The normalized spacial score (nSPS) is 16.0. The van der Waals surface area contributed by atoms with E-state index >= 15 is 0 Å². The summed E-state index contributed by atoms with van der Waals surface area (Å²) in [6, 6.07) is 16.6. The predicted molar refractivity (Wildman–Crippen MR) is 104 cm³/mol. The number of thioether (sulfide) groups is 1. The number of nitrogens with one attached hydrogen (secondary N) is 1. The van der Waals surface area contributed by atoms with E-state index in [-0.39, 0.29) is 11.9 Å². The van der Waals surface area contributed by atoms with Gasteiger partial charge in [0, 0.05) is 22.6 Å². The molecule has 1 atom stereocenters. The standard InChI is InChI=1S/C20H18N4O3S/c25-19(21-18-10-11-27-20(18)26)14-6-8-16(9-7-14)24-12-15(22-23-24)13-28-17-4-2-1-3-5-17/h1-9,12,18H,10-11,13H2,(H,21,25)/t18-/m0/s1. The highest BCUT2D eigenvalue weighted by Crippen LogP contribution is 2.21. The SMILES string of the molecule is O=C(N[C@H]1CCOC1=O)c1ccc(-n2cc(CSc3ccccc3)nn2)cc1. The van der Waals surface area contributed by atoms with Crippen LogP contribution in [0.5, 0.6) is 0 Å². The Hall–Kier alpha value is -3.13. The molecule has 1 N–H and O–H groups in total. The van der Waals surface area contributed by atoms with Crippen LogP contribution in [0.3, 0.4) is 0 Å². The van der Waals surface area contributed by atoms with Gasteiger partial charge in [-0.05, 0) is 36.4 Å². The molecule has 0 radical (unpaired) electrons. The maximum atomic E-state index is 12.3. The summed E-state index contributed by atoms with van der Waals surface area (Å²) in [5, 5.41) is 11.1. The van der Waals surface area contributed by atoms with Gasteiger partial charge in [-0.3, -0.25) is 4.79 Å². The lowest BCUT2D eigenvalue weighted by molar-refractivity contribution is -0.139. The van der Waals surface area contributed by atoms with Gasteiger partial charge in [0.25, 0.3) is 5.91 Å². The zero-order chi connectivity index (χ0) is 19.3. The molecule has 28 heavy (non-hydrogen) atoms. The minimum absolute atomic E-state index is 0.297. The van der Waals surface area contributed by atoms with Crippen LogP contribution in [0, 0.1) is 0 Å². The molecule has 0 spiro atoms. The molecule has 0 unspecified atom stereocenters. The summed E-state index contributed by atoms with van der Waals surface area (Å²) in [6.45, 7) is 0.347.